The molecule has 0 radical (unpaired) electrons. The van der Waals surface area contributed by atoms with Crippen molar-refractivity contribution in [1.82, 2.24) is 0 Å². The zero-order chi connectivity index (χ0) is 17.2. The molecule has 10 heteroatoms. The Morgan fingerprint density at radius 1 is 0.773 bits per heavy atom. The highest BCUT2D eigenvalue weighted by Gasteiger charge is 2.33. The number of aliphatic hydroxyl groups is 2. The van der Waals surface area contributed by atoms with Crippen LogP contribution >= 0.6 is 0 Å². The molecule has 0 spiro atoms. The first-order valence-electron chi connectivity index (χ1n) is 5.67. The van der Waals surface area contributed by atoms with Gasteiger partial charge in [-0.25, -0.2) is 9.59 Å². The molecule has 0 saturated carbocycles. The summed E-state index contributed by atoms with van der Waals surface area (Å²) < 4.78 is 0. The molecule has 1 aromatic carbocycles. The molecular weight excluding hydrogens is 300 g/mol. The summed E-state index contributed by atoms with van der Waals surface area (Å²) in [5, 5.41) is 37.6. The number of rotatable bonds is 6. The van der Waals surface area contributed by atoms with Gasteiger partial charge >= 0.3 is 11.9 Å². The highest BCUT2D eigenvalue weighted by atomic mass is 16.4. The van der Waals surface area contributed by atoms with Crippen molar-refractivity contribution in [3.63, 3.8) is 0 Å². The Morgan fingerprint density at radius 2 is 1.05 bits per heavy atom. The van der Waals surface area contributed by atoms with Crippen LogP contribution in [0.15, 0.2) is 12.1 Å². The van der Waals surface area contributed by atoms with Gasteiger partial charge in [0.2, 0.25) is 0 Å². The average Bonchev–Trinajstić information content (AvgIpc) is 2.43. The summed E-state index contributed by atoms with van der Waals surface area (Å²) in [5.74, 6) is -6.07. The van der Waals surface area contributed by atoms with Gasteiger partial charge in [-0.1, -0.05) is 0 Å². The van der Waals surface area contributed by atoms with Crippen LogP contribution in [0.25, 0.3) is 0 Å². The Kier molecular flexibility index (Phi) is 4.81. The van der Waals surface area contributed by atoms with E-state index in [-0.39, 0.29) is 0 Å². The Balaban J connectivity index is 3.89. The molecule has 0 aliphatic carbocycles. The lowest BCUT2D eigenvalue weighted by molar-refractivity contribution is -0.128. The van der Waals surface area contributed by atoms with E-state index in [1.54, 1.807) is 0 Å². The lowest BCUT2D eigenvalue weighted by Crippen LogP contribution is -2.29. The van der Waals surface area contributed by atoms with Crippen LogP contribution in [0.4, 0.5) is 0 Å². The third kappa shape index (κ3) is 3.02. The molecule has 0 fully saturated rings. The predicted octanol–water partition coefficient (Wildman–Crippen LogP) is -1.88. The number of hydrogen-bond acceptors (Lipinski definition) is 6. The van der Waals surface area contributed by atoms with Crippen molar-refractivity contribution < 1.29 is 39.6 Å². The van der Waals surface area contributed by atoms with E-state index < -0.39 is 58.2 Å². The van der Waals surface area contributed by atoms with Crippen molar-refractivity contribution >= 4 is 23.8 Å². The molecule has 22 heavy (non-hydrogen) atoms. The number of benzene rings is 1. The molecule has 1 aromatic rings. The van der Waals surface area contributed by atoms with Crippen LogP contribution in [0, 0.1) is 0 Å². The van der Waals surface area contributed by atoms with E-state index >= 15 is 0 Å². The van der Waals surface area contributed by atoms with Crippen LogP contribution in [-0.4, -0.2) is 44.2 Å². The molecule has 0 aliphatic heterocycles. The van der Waals surface area contributed by atoms with Crippen LogP contribution in [0.2, 0.25) is 0 Å². The van der Waals surface area contributed by atoms with Crippen molar-refractivity contribution in [2.75, 3.05) is 0 Å². The van der Waals surface area contributed by atoms with Crippen molar-refractivity contribution in [3.8, 4) is 0 Å². The maximum absolute atomic E-state index is 11.2. The van der Waals surface area contributed by atoms with E-state index in [1.165, 1.54) is 0 Å². The molecule has 1 rings (SSSR count). The normalized spacial score (nSPS) is 13.2. The molecule has 0 aliphatic rings. The van der Waals surface area contributed by atoms with E-state index in [9.17, 15) is 29.4 Å². The summed E-state index contributed by atoms with van der Waals surface area (Å²) in [6.07, 6.45) is -4.51. The van der Waals surface area contributed by atoms with E-state index in [4.69, 9.17) is 21.7 Å². The zero-order valence-corrected chi connectivity index (χ0v) is 10.9. The van der Waals surface area contributed by atoms with Crippen molar-refractivity contribution in [1.29, 1.82) is 0 Å². The monoisotopic (exact) mass is 312 g/mol. The van der Waals surface area contributed by atoms with E-state index in [1.807, 2.05) is 0 Å². The number of amides is 2. The zero-order valence-electron chi connectivity index (χ0n) is 10.9. The Labute approximate surface area is 122 Å². The minimum absolute atomic E-state index is 0.702. The number of carboxylic acids is 2. The highest BCUT2D eigenvalue weighted by Crippen LogP contribution is 2.31. The lowest BCUT2D eigenvalue weighted by atomic mass is 9.88. The summed E-state index contributed by atoms with van der Waals surface area (Å²) in [5.41, 5.74) is 6.76. The number of hydrogen-bond donors (Lipinski definition) is 6. The molecule has 2 unspecified atom stereocenters. The summed E-state index contributed by atoms with van der Waals surface area (Å²) in [6.45, 7) is 0. The number of carbonyl (C=O) groups excluding carboxylic acids is 2. The van der Waals surface area contributed by atoms with Crippen LogP contribution in [0.3, 0.4) is 0 Å². The molecule has 0 heterocycles. The topological polar surface area (TPSA) is 201 Å². The summed E-state index contributed by atoms with van der Waals surface area (Å²) in [6, 6.07) is 1.59. The second-order valence-electron chi connectivity index (χ2n) is 4.21. The number of carbonyl (C=O) groups is 4. The van der Waals surface area contributed by atoms with Gasteiger partial charge in [0.25, 0.3) is 11.8 Å². The molecule has 0 saturated heterocycles. The number of nitrogens with two attached hydrogens (primary N) is 2. The molecule has 2 amide bonds. The van der Waals surface area contributed by atoms with E-state index in [2.05, 4.69) is 0 Å². The standard InChI is InChI=1S/C12H12N2O8/c13-9(17)7(15)5-3(11(19)20)1-2-4(12(21)22)6(5)8(16)10(14)18/h1-2,7-8,15-16H,(H2,13,17)(H2,14,18)(H,19,20)(H,21,22). The smallest absolute Gasteiger partial charge is 0.336 e. The number of aliphatic hydroxyl groups excluding tert-OH is 2. The van der Waals surface area contributed by atoms with Gasteiger partial charge in [-0.3, -0.25) is 9.59 Å². The lowest BCUT2D eigenvalue weighted by Gasteiger charge is -2.20. The number of carboxylic acid groups (broad SMARTS) is 2. The molecule has 8 N–H and O–H groups in total. The SMILES string of the molecule is NC(=O)C(O)c1c(C(=O)O)ccc(C(=O)O)c1C(O)C(N)=O. The maximum Gasteiger partial charge on any atom is 0.336 e. The number of primary amides is 2. The summed E-state index contributed by atoms with van der Waals surface area (Å²) in [7, 11) is 0. The first kappa shape index (κ1) is 17.1. The minimum Gasteiger partial charge on any atom is -0.478 e. The van der Waals surface area contributed by atoms with E-state index in [0.717, 1.165) is 12.1 Å². The van der Waals surface area contributed by atoms with Crippen LogP contribution in [0.1, 0.15) is 44.1 Å². The maximum atomic E-state index is 11.2. The quantitative estimate of drug-likeness (QED) is 0.350. The van der Waals surface area contributed by atoms with E-state index in [0.29, 0.717) is 0 Å². The van der Waals surface area contributed by atoms with Gasteiger partial charge in [-0.15, -0.1) is 0 Å². The number of aromatic carboxylic acids is 2. The Morgan fingerprint density at radius 3 is 1.23 bits per heavy atom. The van der Waals surface area contributed by atoms with Gasteiger partial charge in [0.15, 0.2) is 12.2 Å². The summed E-state index contributed by atoms with van der Waals surface area (Å²) in [4.78, 5) is 44.6. The first-order valence-corrected chi connectivity index (χ1v) is 5.67. The fourth-order valence-electron chi connectivity index (χ4n) is 1.88. The molecule has 10 nitrogen and oxygen atoms in total. The van der Waals surface area contributed by atoms with Gasteiger partial charge in [0.1, 0.15) is 0 Å². The second kappa shape index (κ2) is 6.20. The van der Waals surface area contributed by atoms with Gasteiger partial charge in [0, 0.05) is 11.1 Å². The average molecular weight is 312 g/mol. The molecule has 2 atom stereocenters. The van der Waals surface area contributed by atoms with Crippen LogP contribution < -0.4 is 11.5 Å². The van der Waals surface area contributed by atoms with Crippen molar-refractivity contribution in [2.45, 2.75) is 12.2 Å². The fourth-order valence-corrected chi connectivity index (χ4v) is 1.88. The minimum atomic E-state index is -2.26. The largest absolute Gasteiger partial charge is 0.478 e. The van der Waals surface area contributed by atoms with Gasteiger partial charge in [-0.2, -0.15) is 0 Å². The first-order chi connectivity index (χ1) is 10.1. The van der Waals surface area contributed by atoms with Gasteiger partial charge in [-0.05, 0) is 12.1 Å². The van der Waals surface area contributed by atoms with Gasteiger partial charge < -0.3 is 31.9 Å². The fraction of sp³-hybridized carbons (Fsp3) is 0.167. The molecule has 118 valence electrons. The molecule has 0 bridgehead atoms. The van der Waals surface area contributed by atoms with Crippen LogP contribution in [-0.2, 0) is 9.59 Å². The Hall–Kier alpha value is -2.98. The van der Waals surface area contributed by atoms with Crippen molar-refractivity contribution in [2.24, 2.45) is 11.5 Å². The highest BCUT2D eigenvalue weighted by molar-refractivity contribution is 5.99. The summed E-state index contributed by atoms with van der Waals surface area (Å²) >= 11 is 0. The molecule has 0 aromatic heterocycles. The third-order valence-corrected chi connectivity index (χ3v) is 2.83. The second-order valence-corrected chi connectivity index (χ2v) is 4.21. The van der Waals surface area contributed by atoms with Gasteiger partial charge in [0.05, 0.1) is 11.1 Å². The Bertz CT molecular complexity index is 612. The predicted molar refractivity (Wildman–Crippen MR) is 68.7 cm³/mol. The molecular formula is C12H12N2O8. The van der Waals surface area contributed by atoms with Crippen LogP contribution in [0.5, 0.6) is 0 Å². The van der Waals surface area contributed by atoms with Crippen molar-refractivity contribution in [3.05, 3.63) is 34.4 Å². The third-order valence-electron chi connectivity index (χ3n) is 2.83.